The van der Waals surface area contributed by atoms with Crippen LogP contribution in [-0.2, 0) is 11.3 Å². The highest BCUT2D eigenvalue weighted by Gasteiger charge is 2.19. The Morgan fingerprint density at radius 1 is 1.60 bits per heavy atom. The monoisotopic (exact) mass is 208 g/mol. The standard InChI is InChI=1S/C10H16N4O/c15-10(8-3-1-2-4-11-8)14-7-9-12-5-6-13-9/h5-6,8,11H,1-4,7H2,(H,12,13)(H,14,15). The molecule has 1 saturated heterocycles. The quantitative estimate of drug-likeness (QED) is 0.663. The number of amides is 1. The van der Waals surface area contributed by atoms with Crippen LogP contribution in [0.4, 0.5) is 0 Å². The molecule has 1 unspecified atom stereocenters. The molecule has 5 nitrogen and oxygen atoms in total. The van der Waals surface area contributed by atoms with Crippen molar-refractivity contribution in [3.8, 4) is 0 Å². The maximum atomic E-state index is 11.7. The predicted octanol–water partition coefficient (Wildman–Crippen LogP) is 0.168. The summed E-state index contributed by atoms with van der Waals surface area (Å²) in [6.07, 6.45) is 6.67. The second kappa shape index (κ2) is 4.93. The number of rotatable bonds is 3. The summed E-state index contributed by atoms with van der Waals surface area (Å²) < 4.78 is 0. The molecule has 2 rings (SSSR count). The van der Waals surface area contributed by atoms with Crippen LogP contribution in [-0.4, -0.2) is 28.5 Å². The number of aromatic amines is 1. The van der Waals surface area contributed by atoms with Crippen molar-refractivity contribution < 1.29 is 4.79 Å². The Balaban J connectivity index is 1.76. The molecule has 1 aliphatic rings. The van der Waals surface area contributed by atoms with Gasteiger partial charge in [0.1, 0.15) is 5.82 Å². The molecule has 5 heteroatoms. The molecule has 0 saturated carbocycles. The third-order valence-electron chi connectivity index (χ3n) is 2.61. The van der Waals surface area contributed by atoms with Crippen molar-refractivity contribution in [2.45, 2.75) is 31.8 Å². The summed E-state index contributed by atoms with van der Waals surface area (Å²) in [5, 5.41) is 6.07. The van der Waals surface area contributed by atoms with Crippen molar-refractivity contribution in [3.63, 3.8) is 0 Å². The van der Waals surface area contributed by atoms with Gasteiger partial charge in [-0.1, -0.05) is 6.42 Å². The molecule has 0 bridgehead atoms. The number of imidazole rings is 1. The van der Waals surface area contributed by atoms with Gasteiger partial charge in [-0.3, -0.25) is 4.79 Å². The van der Waals surface area contributed by atoms with E-state index in [1.165, 1.54) is 6.42 Å². The lowest BCUT2D eigenvalue weighted by molar-refractivity contribution is -0.123. The number of piperidine rings is 1. The Labute approximate surface area is 88.7 Å². The van der Waals surface area contributed by atoms with Crippen molar-refractivity contribution in [1.82, 2.24) is 20.6 Å². The fourth-order valence-electron chi connectivity index (χ4n) is 1.76. The van der Waals surface area contributed by atoms with Gasteiger partial charge in [0.25, 0.3) is 0 Å². The fourth-order valence-corrected chi connectivity index (χ4v) is 1.76. The summed E-state index contributed by atoms with van der Waals surface area (Å²) in [5.41, 5.74) is 0. The minimum Gasteiger partial charge on any atom is -0.348 e. The molecular weight excluding hydrogens is 192 g/mol. The zero-order valence-corrected chi connectivity index (χ0v) is 8.62. The Bertz CT molecular complexity index is 303. The number of nitrogens with one attached hydrogen (secondary N) is 3. The van der Waals surface area contributed by atoms with Crippen molar-refractivity contribution in [2.24, 2.45) is 0 Å². The van der Waals surface area contributed by atoms with E-state index in [0.717, 1.165) is 25.2 Å². The third kappa shape index (κ3) is 2.79. The number of hydrogen-bond acceptors (Lipinski definition) is 3. The Hall–Kier alpha value is -1.36. The summed E-state index contributed by atoms with van der Waals surface area (Å²) in [5.74, 6) is 0.866. The van der Waals surface area contributed by atoms with Crippen LogP contribution in [0.1, 0.15) is 25.1 Å². The zero-order chi connectivity index (χ0) is 10.5. The van der Waals surface area contributed by atoms with E-state index in [-0.39, 0.29) is 11.9 Å². The van der Waals surface area contributed by atoms with Gasteiger partial charge in [-0.2, -0.15) is 0 Å². The Kier molecular flexibility index (Phi) is 3.34. The Morgan fingerprint density at radius 2 is 2.53 bits per heavy atom. The molecule has 1 atom stereocenters. The molecule has 1 amide bonds. The van der Waals surface area contributed by atoms with Gasteiger partial charge in [-0.05, 0) is 19.4 Å². The molecule has 15 heavy (non-hydrogen) atoms. The molecule has 1 aliphatic heterocycles. The van der Waals surface area contributed by atoms with E-state index in [1.54, 1.807) is 12.4 Å². The summed E-state index contributed by atoms with van der Waals surface area (Å²) in [6, 6.07) is -0.0197. The highest BCUT2D eigenvalue weighted by Crippen LogP contribution is 2.06. The molecule has 1 fully saturated rings. The number of nitrogens with zero attached hydrogens (tertiary/aromatic N) is 1. The third-order valence-corrected chi connectivity index (χ3v) is 2.61. The maximum Gasteiger partial charge on any atom is 0.237 e. The van der Waals surface area contributed by atoms with E-state index in [2.05, 4.69) is 20.6 Å². The van der Waals surface area contributed by atoms with Crippen molar-refractivity contribution >= 4 is 5.91 Å². The van der Waals surface area contributed by atoms with Gasteiger partial charge < -0.3 is 15.6 Å². The highest BCUT2D eigenvalue weighted by atomic mass is 16.2. The molecule has 0 spiro atoms. The van der Waals surface area contributed by atoms with Crippen molar-refractivity contribution in [3.05, 3.63) is 18.2 Å². The first-order valence-corrected chi connectivity index (χ1v) is 5.35. The Morgan fingerprint density at radius 3 is 3.20 bits per heavy atom. The van der Waals surface area contributed by atoms with Gasteiger partial charge in [0.15, 0.2) is 0 Å². The van der Waals surface area contributed by atoms with Gasteiger partial charge in [0.05, 0.1) is 12.6 Å². The van der Waals surface area contributed by atoms with Gasteiger partial charge in [0, 0.05) is 12.4 Å². The number of carbonyl (C=O) groups is 1. The number of aromatic nitrogens is 2. The summed E-state index contributed by atoms with van der Waals surface area (Å²) in [6.45, 7) is 1.42. The highest BCUT2D eigenvalue weighted by molar-refractivity contribution is 5.81. The molecule has 2 heterocycles. The lowest BCUT2D eigenvalue weighted by Crippen LogP contribution is -2.46. The number of hydrogen-bond donors (Lipinski definition) is 3. The minimum absolute atomic E-state index is 0.0197. The molecule has 1 aromatic heterocycles. The first kappa shape index (κ1) is 10.2. The summed E-state index contributed by atoms with van der Waals surface area (Å²) in [7, 11) is 0. The van der Waals surface area contributed by atoms with Gasteiger partial charge in [0.2, 0.25) is 5.91 Å². The topological polar surface area (TPSA) is 69.8 Å². The normalized spacial score (nSPS) is 21.2. The minimum atomic E-state index is -0.0197. The lowest BCUT2D eigenvalue weighted by Gasteiger charge is -2.22. The van der Waals surface area contributed by atoms with E-state index >= 15 is 0 Å². The second-order valence-corrected chi connectivity index (χ2v) is 3.76. The average molecular weight is 208 g/mol. The molecular formula is C10H16N4O. The van der Waals surface area contributed by atoms with Crippen LogP contribution < -0.4 is 10.6 Å². The molecule has 0 radical (unpaired) electrons. The van der Waals surface area contributed by atoms with E-state index in [0.29, 0.717) is 6.54 Å². The summed E-state index contributed by atoms with van der Waals surface area (Å²) in [4.78, 5) is 18.7. The number of carbonyl (C=O) groups excluding carboxylic acids is 1. The average Bonchev–Trinajstić information content (AvgIpc) is 2.80. The smallest absolute Gasteiger partial charge is 0.237 e. The molecule has 82 valence electrons. The van der Waals surface area contributed by atoms with E-state index in [4.69, 9.17) is 0 Å². The van der Waals surface area contributed by atoms with Crippen molar-refractivity contribution in [1.29, 1.82) is 0 Å². The fraction of sp³-hybridized carbons (Fsp3) is 0.600. The molecule has 1 aromatic rings. The number of H-pyrrole nitrogens is 1. The predicted molar refractivity (Wildman–Crippen MR) is 56.1 cm³/mol. The van der Waals surface area contributed by atoms with Crippen LogP contribution >= 0.6 is 0 Å². The van der Waals surface area contributed by atoms with Gasteiger partial charge in [-0.15, -0.1) is 0 Å². The zero-order valence-electron chi connectivity index (χ0n) is 8.62. The van der Waals surface area contributed by atoms with E-state index < -0.39 is 0 Å². The SMILES string of the molecule is O=C(NCc1ncc[nH]1)C1CCCCN1. The van der Waals surface area contributed by atoms with Crippen LogP contribution in [0.25, 0.3) is 0 Å². The first-order chi connectivity index (χ1) is 7.36. The molecule has 0 aliphatic carbocycles. The van der Waals surface area contributed by atoms with Crippen molar-refractivity contribution in [2.75, 3.05) is 6.54 Å². The van der Waals surface area contributed by atoms with Crippen LogP contribution in [0.3, 0.4) is 0 Å². The van der Waals surface area contributed by atoms with Crippen LogP contribution in [0, 0.1) is 0 Å². The van der Waals surface area contributed by atoms with Gasteiger partial charge in [-0.25, -0.2) is 4.98 Å². The van der Waals surface area contributed by atoms with Gasteiger partial charge >= 0.3 is 0 Å². The second-order valence-electron chi connectivity index (χ2n) is 3.76. The van der Waals surface area contributed by atoms with E-state index in [9.17, 15) is 4.79 Å². The van der Waals surface area contributed by atoms with Crippen LogP contribution in [0.2, 0.25) is 0 Å². The molecule has 3 N–H and O–H groups in total. The summed E-state index contributed by atoms with van der Waals surface area (Å²) >= 11 is 0. The van der Waals surface area contributed by atoms with Crippen LogP contribution in [0.15, 0.2) is 12.4 Å². The largest absolute Gasteiger partial charge is 0.348 e. The van der Waals surface area contributed by atoms with E-state index in [1.807, 2.05) is 0 Å². The maximum absolute atomic E-state index is 11.7. The lowest BCUT2D eigenvalue weighted by atomic mass is 10.0. The first-order valence-electron chi connectivity index (χ1n) is 5.35. The molecule has 0 aromatic carbocycles. The van der Waals surface area contributed by atoms with Crippen LogP contribution in [0.5, 0.6) is 0 Å².